The van der Waals surface area contributed by atoms with Crippen molar-refractivity contribution >= 4 is 0 Å². The molecule has 0 aliphatic rings. The van der Waals surface area contributed by atoms with E-state index in [4.69, 9.17) is 5.11 Å². The lowest BCUT2D eigenvalue weighted by Gasteiger charge is -2.16. The molecule has 2 heteroatoms. The van der Waals surface area contributed by atoms with Crippen LogP contribution < -0.4 is 5.32 Å². The minimum absolute atomic E-state index is 0.0659. The molecular weight excluding hydrogens is 162 g/mol. The highest BCUT2D eigenvalue weighted by Crippen LogP contribution is 2.17. The minimum atomic E-state index is 0.0659. The molecule has 2 N–H and O–H groups in total. The molecule has 0 aliphatic carbocycles. The molecule has 0 saturated heterocycles. The Morgan fingerprint density at radius 3 is 2.62 bits per heavy atom. The van der Waals surface area contributed by atoms with Crippen LogP contribution in [0.4, 0.5) is 0 Å². The van der Waals surface area contributed by atoms with E-state index in [2.05, 4.69) is 24.4 Å². The highest BCUT2D eigenvalue weighted by atomic mass is 16.3. The lowest BCUT2D eigenvalue weighted by atomic mass is 9.99. The van der Waals surface area contributed by atoms with Crippen molar-refractivity contribution in [2.45, 2.75) is 19.4 Å². The van der Waals surface area contributed by atoms with Crippen LogP contribution in [0.15, 0.2) is 24.3 Å². The molecule has 13 heavy (non-hydrogen) atoms. The molecule has 0 radical (unpaired) electrons. The van der Waals surface area contributed by atoms with Gasteiger partial charge in [0.25, 0.3) is 0 Å². The molecule has 1 atom stereocenters. The molecule has 1 rings (SSSR count). The molecule has 0 spiro atoms. The van der Waals surface area contributed by atoms with E-state index >= 15 is 0 Å². The molecular formula is C11H17NO. The summed E-state index contributed by atoms with van der Waals surface area (Å²) in [6.45, 7) is 2.27. The molecule has 0 aromatic heterocycles. The lowest BCUT2D eigenvalue weighted by Crippen LogP contribution is -2.21. The number of rotatable bonds is 4. The first kappa shape index (κ1) is 10.2. The maximum absolute atomic E-state index is 9.14. The molecule has 0 bridgehead atoms. The molecule has 0 heterocycles. The van der Waals surface area contributed by atoms with Gasteiger partial charge in [-0.25, -0.2) is 0 Å². The maximum Gasteiger partial charge on any atom is 0.0626 e. The summed E-state index contributed by atoms with van der Waals surface area (Å²) in [6, 6.07) is 8.28. The van der Waals surface area contributed by atoms with Gasteiger partial charge in [0.2, 0.25) is 0 Å². The Kier molecular flexibility index (Phi) is 3.93. The van der Waals surface area contributed by atoms with Crippen LogP contribution in [0.2, 0.25) is 0 Å². The van der Waals surface area contributed by atoms with E-state index in [1.807, 2.05) is 19.2 Å². The molecule has 1 aromatic carbocycles. The van der Waals surface area contributed by atoms with E-state index in [1.54, 1.807) is 0 Å². The second-order valence-corrected chi connectivity index (χ2v) is 3.08. The summed E-state index contributed by atoms with van der Waals surface area (Å²) in [7, 11) is 1.87. The number of hydrogen-bond donors (Lipinski definition) is 2. The fraction of sp³-hybridized carbons (Fsp3) is 0.455. The first-order valence-electron chi connectivity index (χ1n) is 4.69. The third-order valence-corrected chi connectivity index (χ3v) is 2.34. The highest BCUT2D eigenvalue weighted by molar-refractivity contribution is 5.30. The summed E-state index contributed by atoms with van der Waals surface area (Å²) in [6.07, 6.45) is 1.01. The average molecular weight is 179 g/mol. The van der Waals surface area contributed by atoms with Crippen LogP contribution in [-0.4, -0.2) is 18.8 Å². The van der Waals surface area contributed by atoms with Crippen LogP contribution >= 0.6 is 0 Å². The molecule has 0 aliphatic heterocycles. The third-order valence-electron chi connectivity index (χ3n) is 2.34. The van der Waals surface area contributed by atoms with Gasteiger partial charge in [0.15, 0.2) is 0 Å². The molecule has 0 fully saturated rings. The molecule has 0 saturated carbocycles. The Labute approximate surface area is 79.6 Å². The van der Waals surface area contributed by atoms with Gasteiger partial charge < -0.3 is 10.4 Å². The zero-order valence-electron chi connectivity index (χ0n) is 8.25. The standard InChI is InChI=1S/C11H17NO/c1-3-9-6-4-5-7-10(9)11(8-13)12-2/h4-7,11-13H,3,8H2,1-2H3. The fourth-order valence-corrected chi connectivity index (χ4v) is 1.54. The lowest BCUT2D eigenvalue weighted by molar-refractivity contribution is 0.250. The van der Waals surface area contributed by atoms with E-state index in [0.29, 0.717) is 0 Å². The van der Waals surface area contributed by atoms with E-state index in [9.17, 15) is 0 Å². The van der Waals surface area contributed by atoms with Crippen molar-refractivity contribution in [3.05, 3.63) is 35.4 Å². The number of nitrogens with one attached hydrogen (secondary N) is 1. The zero-order valence-corrected chi connectivity index (χ0v) is 8.25. The SMILES string of the molecule is CCc1ccccc1C(CO)NC. The van der Waals surface area contributed by atoms with Crippen LogP contribution in [0.3, 0.4) is 0 Å². The van der Waals surface area contributed by atoms with Crippen molar-refractivity contribution in [2.75, 3.05) is 13.7 Å². The maximum atomic E-state index is 9.14. The van der Waals surface area contributed by atoms with Gasteiger partial charge in [0, 0.05) is 0 Å². The first-order chi connectivity index (χ1) is 6.33. The van der Waals surface area contributed by atoms with Crippen molar-refractivity contribution in [3.8, 4) is 0 Å². The zero-order chi connectivity index (χ0) is 9.68. The predicted molar refractivity (Wildman–Crippen MR) is 54.7 cm³/mol. The smallest absolute Gasteiger partial charge is 0.0626 e. The number of aryl methyl sites for hydroxylation is 1. The first-order valence-corrected chi connectivity index (χ1v) is 4.69. The molecule has 1 unspecified atom stereocenters. The highest BCUT2D eigenvalue weighted by Gasteiger charge is 2.09. The normalized spacial score (nSPS) is 12.8. The number of hydrogen-bond acceptors (Lipinski definition) is 2. The summed E-state index contributed by atoms with van der Waals surface area (Å²) < 4.78 is 0. The Balaban J connectivity index is 2.96. The molecule has 1 aromatic rings. The third kappa shape index (κ3) is 2.29. The van der Waals surface area contributed by atoms with Crippen LogP contribution in [0, 0.1) is 0 Å². The summed E-state index contributed by atoms with van der Waals surface area (Å²) in [5.74, 6) is 0. The predicted octanol–water partition coefficient (Wildman–Crippen LogP) is 1.50. The Bertz CT molecular complexity index is 256. The van der Waals surface area contributed by atoms with Gasteiger partial charge >= 0.3 is 0 Å². The van der Waals surface area contributed by atoms with E-state index in [1.165, 1.54) is 11.1 Å². The topological polar surface area (TPSA) is 32.3 Å². The quantitative estimate of drug-likeness (QED) is 0.734. The summed E-state index contributed by atoms with van der Waals surface area (Å²) >= 11 is 0. The Morgan fingerprint density at radius 2 is 2.08 bits per heavy atom. The van der Waals surface area contributed by atoms with Gasteiger partial charge in [-0.05, 0) is 24.6 Å². The van der Waals surface area contributed by atoms with Crippen molar-refractivity contribution < 1.29 is 5.11 Å². The fourth-order valence-electron chi connectivity index (χ4n) is 1.54. The number of benzene rings is 1. The Morgan fingerprint density at radius 1 is 1.38 bits per heavy atom. The van der Waals surface area contributed by atoms with Gasteiger partial charge in [-0.15, -0.1) is 0 Å². The monoisotopic (exact) mass is 179 g/mol. The van der Waals surface area contributed by atoms with Crippen molar-refractivity contribution in [2.24, 2.45) is 0 Å². The molecule has 2 nitrogen and oxygen atoms in total. The van der Waals surface area contributed by atoms with Gasteiger partial charge in [-0.2, -0.15) is 0 Å². The molecule has 0 amide bonds. The molecule has 72 valence electrons. The summed E-state index contributed by atoms with van der Waals surface area (Å²) in [5.41, 5.74) is 2.51. The van der Waals surface area contributed by atoms with Crippen LogP contribution in [-0.2, 0) is 6.42 Å². The number of aliphatic hydroxyl groups excluding tert-OH is 1. The van der Waals surface area contributed by atoms with Gasteiger partial charge in [-0.3, -0.25) is 0 Å². The summed E-state index contributed by atoms with van der Waals surface area (Å²) in [5, 5.41) is 12.2. The van der Waals surface area contributed by atoms with Gasteiger partial charge in [0.05, 0.1) is 12.6 Å². The minimum Gasteiger partial charge on any atom is -0.394 e. The van der Waals surface area contributed by atoms with Crippen molar-refractivity contribution in [1.82, 2.24) is 5.32 Å². The van der Waals surface area contributed by atoms with Gasteiger partial charge in [0.1, 0.15) is 0 Å². The average Bonchev–Trinajstić information content (AvgIpc) is 2.20. The number of likely N-dealkylation sites (N-methyl/N-ethyl adjacent to an activating group) is 1. The largest absolute Gasteiger partial charge is 0.394 e. The second-order valence-electron chi connectivity index (χ2n) is 3.08. The second kappa shape index (κ2) is 5.00. The van der Waals surface area contributed by atoms with Gasteiger partial charge in [-0.1, -0.05) is 31.2 Å². The van der Waals surface area contributed by atoms with E-state index in [0.717, 1.165) is 6.42 Å². The van der Waals surface area contributed by atoms with Crippen molar-refractivity contribution in [3.63, 3.8) is 0 Å². The number of aliphatic hydroxyl groups is 1. The summed E-state index contributed by atoms with van der Waals surface area (Å²) in [4.78, 5) is 0. The van der Waals surface area contributed by atoms with Crippen molar-refractivity contribution in [1.29, 1.82) is 0 Å². The van der Waals surface area contributed by atoms with E-state index in [-0.39, 0.29) is 12.6 Å². The van der Waals surface area contributed by atoms with Crippen LogP contribution in [0.5, 0.6) is 0 Å². The van der Waals surface area contributed by atoms with Crippen LogP contribution in [0.25, 0.3) is 0 Å². The van der Waals surface area contributed by atoms with Crippen LogP contribution in [0.1, 0.15) is 24.1 Å². The Hall–Kier alpha value is -0.860. The van der Waals surface area contributed by atoms with E-state index < -0.39 is 0 Å².